The van der Waals surface area contributed by atoms with E-state index in [9.17, 15) is 9.59 Å². The molecule has 0 spiro atoms. The Morgan fingerprint density at radius 3 is 2.33 bits per heavy atom. The Morgan fingerprint density at radius 2 is 1.73 bits per heavy atom. The maximum atomic E-state index is 12.8. The second-order valence-electron chi connectivity index (χ2n) is 7.86. The maximum Gasteiger partial charge on any atom is 0.253 e. The lowest BCUT2D eigenvalue weighted by Gasteiger charge is -2.19. The third kappa shape index (κ3) is 4.60. The van der Waals surface area contributed by atoms with Crippen molar-refractivity contribution in [2.45, 2.75) is 33.2 Å². The van der Waals surface area contributed by atoms with Crippen LogP contribution in [-0.4, -0.2) is 54.5 Å². The minimum atomic E-state index is -0.495. The third-order valence-electron chi connectivity index (χ3n) is 5.34. The molecule has 158 valence electrons. The lowest BCUT2D eigenvalue weighted by molar-refractivity contribution is -0.115. The third-order valence-corrected chi connectivity index (χ3v) is 5.34. The second kappa shape index (κ2) is 9.22. The number of carbonyl (C=O) groups is 2. The molecule has 1 heterocycles. The van der Waals surface area contributed by atoms with Gasteiger partial charge in [-0.2, -0.15) is 0 Å². The van der Waals surface area contributed by atoms with Gasteiger partial charge >= 0.3 is 0 Å². The van der Waals surface area contributed by atoms with Crippen molar-refractivity contribution in [1.82, 2.24) is 9.80 Å². The van der Waals surface area contributed by atoms with Crippen molar-refractivity contribution < 1.29 is 9.59 Å². The Bertz CT molecular complexity index is 960. The number of nitrogens with zero attached hydrogens (tertiary/aromatic N) is 3. The number of fused-ring (bicyclic) bond motifs is 1. The van der Waals surface area contributed by atoms with Crippen LogP contribution in [-0.2, 0) is 11.3 Å². The van der Waals surface area contributed by atoms with Gasteiger partial charge in [0.05, 0.1) is 5.69 Å². The summed E-state index contributed by atoms with van der Waals surface area (Å²) < 4.78 is 0. The predicted octanol–water partition coefficient (Wildman–Crippen LogP) is 4.06. The van der Waals surface area contributed by atoms with E-state index in [0.717, 1.165) is 23.5 Å². The lowest BCUT2D eigenvalue weighted by Crippen LogP contribution is -2.30. The van der Waals surface area contributed by atoms with Gasteiger partial charge in [-0.15, -0.1) is 0 Å². The van der Waals surface area contributed by atoms with Gasteiger partial charge in [-0.3, -0.25) is 14.6 Å². The fourth-order valence-electron chi connectivity index (χ4n) is 3.81. The van der Waals surface area contributed by atoms with Crippen LogP contribution in [0, 0.1) is 0 Å². The number of anilines is 1. The first-order valence-corrected chi connectivity index (χ1v) is 10.4. The van der Waals surface area contributed by atoms with E-state index in [1.54, 1.807) is 11.0 Å². The Hall–Kier alpha value is -2.99. The fraction of sp³-hybridized carbons (Fsp3) is 0.375. The summed E-state index contributed by atoms with van der Waals surface area (Å²) in [6, 6.07) is 13.5. The molecule has 0 bridgehead atoms. The summed E-state index contributed by atoms with van der Waals surface area (Å²) >= 11 is 0. The topological polar surface area (TPSA) is 65.0 Å². The van der Waals surface area contributed by atoms with E-state index >= 15 is 0 Å². The molecule has 6 heteroatoms. The molecule has 30 heavy (non-hydrogen) atoms. The van der Waals surface area contributed by atoms with Crippen molar-refractivity contribution in [2.24, 2.45) is 4.99 Å². The van der Waals surface area contributed by atoms with Gasteiger partial charge in [0.2, 0.25) is 5.91 Å². The molecule has 0 saturated heterocycles. The molecule has 6 nitrogen and oxygen atoms in total. The van der Waals surface area contributed by atoms with E-state index in [2.05, 4.69) is 22.3 Å². The number of aliphatic imine (C=N–C) groups is 1. The molecule has 1 aliphatic heterocycles. The van der Waals surface area contributed by atoms with Gasteiger partial charge in [-0.05, 0) is 76.3 Å². The molecule has 2 aromatic carbocycles. The monoisotopic (exact) mass is 406 g/mol. The zero-order valence-electron chi connectivity index (χ0n) is 18.4. The molecule has 1 N–H and O–H groups in total. The minimum Gasteiger partial charge on any atom is -0.339 e. The van der Waals surface area contributed by atoms with Crippen LogP contribution >= 0.6 is 0 Å². The van der Waals surface area contributed by atoms with Gasteiger partial charge in [0, 0.05) is 36.6 Å². The van der Waals surface area contributed by atoms with E-state index in [1.165, 1.54) is 5.56 Å². The lowest BCUT2D eigenvalue weighted by atomic mass is 9.94. The number of rotatable bonds is 7. The van der Waals surface area contributed by atoms with Gasteiger partial charge in [-0.25, -0.2) is 0 Å². The first-order chi connectivity index (χ1) is 14.3. The highest BCUT2D eigenvalue weighted by Crippen LogP contribution is 2.35. The van der Waals surface area contributed by atoms with E-state index in [1.807, 2.05) is 59.1 Å². The molecule has 1 unspecified atom stereocenters. The Morgan fingerprint density at radius 1 is 1.07 bits per heavy atom. The Kier molecular flexibility index (Phi) is 6.67. The van der Waals surface area contributed by atoms with E-state index in [0.29, 0.717) is 24.4 Å². The zero-order chi connectivity index (χ0) is 21.8. The molecule has 3 rings (SSSR count). The summed E-state index contributed by atoms with van der Waals surface area (Å²) in [5.41, 5.74) is 4.88. The molecule has 0 fully saturated rings. The van der Waals surface area contributed by atoms with Crippen LogP contribution in [0.25, 0.3) is 0 Å². The first kappa shape index (κ1) is 21.7. The van der Waals surface area contributed by atoms with Gasteiger partial charge in [-0.1, -0.05) is 12.1 Å². The van der Waals surface area contributed by atoms with Gasteiger partial charge in [0.1, 0.15) is 5.92 Å². The van der Waals surface area contributed by atoms with Crippen molar-refractivity contribution in [1.29, 1.82) is 0 Å². The summed E-state index contributed by atoms with van der Waals surface area (Å²) in [6.45, 7) is 7.96. The van der Waals surface area contributed by atoms with Crippen LogP contribution in [0.1, 0.15) is 48.2 Å². The van der Waals surface area contributed by atoms with Crippen LogP contribution in [0.5, 0.6) is 0 Å². The molecule has 0 saturated carbocycles. The van der Waals surface area contributed by atoms with Gasteiger partial charge in [0.15, 0.2) is 0 Å². The minimum absolute atomic E-state index is 0.0213. The first-order valence-electron chi connectivity index (χ1n) is 10.4. The van der Waals surface area contributed by atoms with Crippen LogP contribution in [0.15, 0.2) is 47.5 Å². The quantitative estimate of drug-likeness (QED) is 0.705. The molecule has 0 aliphatic carbocycles. The fourth-order valence-corrected chi connectivity index (χ4v) is 3.81. The van der Waals surface area contributed by atoms with Crippen molar-refractivity contribution >= 4 is 28.9 Å². The number of carbonyl (C=O) groups excluding carboxylic acids is 2. The number of nitrogens with one attached hydrogen (secondary N) is 1. The number of hydrogen-bond donors (Lipinski definition) is 1. The normalized spacial score (nSPS) is 15.9. The molecule has 0 aromatic heterocycles. The molecule has 2 aromatic rings. The zero-order valence-corrected chi connectivity index (χ0v) is 18.4. The largest absolute Gasteiger partial charge is 0.339 e. The van der Waals surface area contributed by atoms with Crippen LogP contribution in [0.2, 0.25) is 0 Å². The SMILES string of the molecule is CCN(CC)C(=O)c1ccc2c(c1)C(C(C)=Nc1ccc(CN(C)C)cc1)C(=O)N2. The van der Waals surface area contributed by atoms with Crippen LogP contribution in [0.3, 0.4) is 0 Å². The standard InChI is InChI=1S/C24H30N4O2/c1-6-28(7-2)24(30)18-10-13-21-20(14-18)22(23(29)26-21)16(3)25-19-11-8-17(9-12-19)15-27(4)5/h8-14,22H,6-7,15H2,1-5H3,(H,26,29). The smallest absolute Gasteiger partial charge is 0.253 e. The Labute approximate surface area is 178 Å². The molecular formula is C24H30N4O2. The summed E-state index contributed by atoms with van der Waals surface area (Å²) in [4.78, 5) is 34.0. The van der Waals surface area contributed by atoms with Crippen molar-refractivity contribution in [3.8, 4) is 0 Å². The molecule has 1 aliphatic rings. The van der Waals surface area contributed by atoms with E-state index in [4.69, 9.17) is 4.99 Å². The van der Waals surface area contributed by atoms with Crippen LogP contribution in [0.4, 0.5) is 11.4 Å². The van der Waals surface area contributed by atoms with Gasteiger partial charge < -0.3 is 15.1 Å². The Balaban J connectivity index is 1.88. The van der Waals surface area contributed by atoms with Crippen molar-refractivity contribution in [2.75, 3.05) is 32.5 Å². The van der Waals surface area contributed by atoms with E-state index < -0.39 is 5.92 Å². The molecule has 0 radical (unpaired) electrons. The van der Waals surface area contributed by atoms with Crippen LogP contribution < -0.4 is 5.32 Å². The number of benzene rings is 2. The summed E-state index contributed by atoms with van der Waals surface area (Å²) in [5, 5.41) is 2.92. The van der Waals surface area contributed by atoms with E-state index in [-0.39, 0.29) is 11.8 Å². The molecule has 1 atom stereocenters. The summed E-state index contributed by atoms with van der Waals surface area (Å²) in [7, 11) is 4.07. The summed E-state index contributed by atoms with van der Waals surface area (Å²) in [5.74, 6) is -0.624. The van der Waals surface area contributed by atoms with Crippen molar-refractivity contribution in [3.05, 3.63) is 59.2 Å². The highest BCUT2D eigenvalue weighted by molar-refractivity contribution is 6.18. The predicted molar refractivity (Wildman–Crippen MR) is 122 cm³/mol. The number of hydrogen-bond acceptors (Lipinski definition) is 4. The number of amides is 2. The average molecular weight is 407 g/mol. The maximum absolute atomic E-state index is 12.8. The molecular weight excluding hydrogens is 376 g/mol. The molecule has 2 amide bonds. The van der Waals surface area contributed by atoms with Crippen molar-refractivity contribution in [3.63, 3.8) is 0 Å². The highest BCUT2D eigenvalue weighted by atomic mass is 16.2. The highest BCUT2D eigenvalue weighted by Gasteiger charge is 2.33. The van der Waals surface area contributed by atoms with Gasteiger partial charge in [0.25, 0.3) is 5.91 Å². The summed E-state index contributed by atoms with van der Waals surface area (Å²) in [6.07, 6.45) is 0. The average Bonchev–Trinajstić information content (AvgIpc) is 3.04. The second-order valence-corrected chi connectivity index (χ2v) is 7.86.